The van der Waals surface area contributed by atoms with Gasteiger partial charge in [-0.15, -0.1) is 11.3 Å². The van der Waals surface area contributed by atoms with Gasteiger partial charge in [0.05, 0.1) is 17.8 Å². The number of rotatable bonds is 12. The van der Waals surface area contributed by atoms with Crippen LogP contribution in [0.2, 0.25) is 5.02 Å². The van der Waals surface area contributed by atoms with E-state index in [4.69, 9.17) is 11.6 Å². The van der Waals surface area contributed by atoms with Crippen LogP contribution in [0.15, 0.2) is 24.4 Å². The standard InChI is InChI=1S/C34H45ClN6O7S2/c1-6-20-13-34(20,31(44)39-50(47,48)21-10-11-21)38-29(42)25-12-19(28-22-8-7-9-24(35)23(22)16-41(28)33(45)46)15-40(25)30(43)27(18(4)5)37-32-36-14-26(49-32)17(2)3/h7-9,14,17-21,25,27-28H,6,10-13,15-16H2,1-5H3,(H,36,37)(H,38,42)(H,39,44)(H,45,46)/t19-,20-,25+,27?,28?,34-/m1/s1. The molecule has 13 nitrogen and oxygen atoms in total. The number of benzene rings is 1. The van der Waals surface area contributed by atoms with E-state index in [1.54, 1.807) is 18.3 Å². The van der Waals surface area contributed by atoms with E-state index in [9.17, 15) is 32.7 Å². The molecule has 272 valence electrons. The van der Waals surface area contributed by atoms with Crippen molar-refractivity contribution in [2.75, 3.05) is 11.9 Å². The van der Waals surface area contributed by atoms with Crippen molar-refractivity contribution in [1.82, 2.24) is 24.8 Å². The second-order valence-electron chi connectivity index (χ2n) is 14.7. The van der Waals surface area contributed by atoms with Crippen molar-refractivity contribution < 1.29 is 32.7 Å². The Labute approximate surface area is 301 Å². The van der Waals surface area contributed by atoms with Crippen LogP contribution in [0.3, 0.4) is 0 Å². The van der Waals surface area contributed by atoms with Crippen LogP contribution >= 0.6 is 22.9 Å². The lowest BCUT2D eigenvalue weighted by Crippen LogP contribution is -2.58. The fourth-order valence-electron chi connectivity index (χ4n) is 7.48. The van der Waals surface area contributed by atoms with E-state index < -0.39 is 62.8 Å². The van der Waals surface area contributed by atoms with Crippen LogP contribution in [0, 0.1) is 17.8 Å². The Balaban J connectivity index is 1.32. The molecule has 3 heterocycles. The molecule has 2 aromatic rings. The van der Waals surface area contributed by atoms with E-state index in [0.717, 1.165) is 10.4 Å². The smallest absolute Gasteiger partial charge is 0.408 e. The van der Waals surface area contributed by atoms with Gasteiger partial charge in [-0.05, 0) is 60.6 Å². The van der Waals surface area contributed by atoms with Gasteiger partial charge in [-0.3, -0.25) is 24.0 Å². The molecule has 3 fully saturated rings. The van der Waals surface area contributed by atoms with Gasteiger partial charge in [0.15, 0.2) is 5.13 Å². The lowest BCUT2D eigenvalue weighted by atomic mass is 9.90. The van der Waals surface area contributed by atoms with Gasteiger partial charge in [0.25, 0.3) is 5.91 Å². The maximum atomic E-state index is 14.6. The summed E-state index contributed by atoms with van der Waals surface area (Å²) in [6.45, 7) is 9.92. The lowest BCUT2D eigenvalue weighted by Gasteiger charge is -2.32. The predicted molar refractivity (Wildman–Crippen MR) is 189 cm³/mol. The van der Waals surface area contributed by atoms with Crippen molar-refractivity contribution in [2.24, 2.45) is 17.8 Å². The molecule has 0 radical (unpaired) electrons. The van der Waals surface area contributed by atoms with E-state index in [0.29, 0.717) is 35.0 Å². The normalized spacial score (nSPS) is 26.6. The Kier molecular flexibility index (Phi) is 9.89. The van der Waals surface area contributed by atoms with Gasteiger partial charge in [0.2, 0.25) is 21.8 Å². The topological polar surface area (TPSA) is 178 Å². The SMILES string of the molecule is CC[C@@H]1C[C@]1(NC(=O)[C@@H]1C[C@@H](C2c3cccc(Cl)c3CN2C(=O)O)CN1C(=O)C(Nc1ncc(C(C)C)s1)C(C)C)C(=O)NS(=O)(=O)C1CC1. The van der Waals surface area contributed by atoms with Crippen LogP contribution in [0.1, 0.15) is 94.7 Å². The van der Waals surface area contributed by atoms with Crippen LogP contribution in [-0.2, 0) is 31.0 Å². The van der Waals surface area contributed by atoms with E-state index >= 15 is 0 Å². The highest BCUT2D eigenvalue weighted by atomic mass is 35.5. The summed E-state index contributed by atoms with van der Waals surface area (Å²) in [7, 11) is -3.86. The molecule has 50 heavy (non-hydrogen) atoms. The summed E-state index contributed by atoms with van der Waals surface area (Å²) in [5, 5.41) is 16.8. The van der Waals surface area contributed by atoms with Gasteiger partial charge < -0.3 is 20.6 Å². The maximum absolute atomic E-state index is 14.6. The number of likely N-dealkylation sites (tertiary alicyclic amines) is 1. The number of thiazole rings is 1. The number of sulfonamides is 1. The molecule has 2 unspecified atom stereocenters. The molecule has 1 aromatic carbocycles. The average molecular weight is 749 g/mol. The predicted octanol–water partition coefficient (Wildman–Crippen LogP) is 4.70. The minimum Gasteiger partial charge on any atom is -0.465 e. The van der Waals surface area contributed by atoms with Crippen molar-refractivity contribution >= 4 is 61.9 Å². The second kappa shape index (κ2) is 13.6. The Hall–Kier alpha value is -3.43. The van der Waals surface area contributed by atoms with E-state index in [-0.39, 0.29) is 49.6 Å². The first-order chi connectivity index (χ1) is 23.6. The second-order valence-corrected chi connectivity index (χ2v) is 18.1. The highest BCUT2D eigenvalue weighted by molar-refractivity contribution is 7.91. The summed E-state index contributed by atoms with van der Waals surface area (Å²) in [5.41, 5.74) is -0.00399. The Morgan fingerprint density at radius 3 is 2.44 bits per heavy atom. The summed E-state index contributed by atoms with van der Waals surface area (Å²) in [6, 6.07) is 2.81. The summed E-state index contributed by atoms with van der Waals surface area (Å²) in [5.74, 6) is -2.42. The van der Waals surface area contributed by atoms with Crippen LogP contribution in [-0.4, -0.2) is 81.5 Å². The van der Waals surface area contributed by atoms with Gasteiger partial charge in [0, 0.05) is 28.6 Å². The first-order valence-corrected chi connectivity index (χ1v) is 20.0. The first kappa shape index (κ1) is 36.4. The number of fused-ring (bicyclic) bond motifs is 1. The largest absolute Gasteiger partial charge is 0.465 e. The van der Waals surface area contributed by atoms with E-state index in [2.05, 4.69) is 34.2 Å². The molecule has 16 heteroatoms. The zero-order valence-corrected chi connectivity index (χ0v) is 31.2. The van der Waals surface area contributed by atoms with Crippen LogP contribution in [0.5, 0.6) is 0 Å². The molecule has 6 atom stereocenters. The van der Waals surface area contributed by atoms with Gasteiger partial charge in [-0.2, -0.15) is 0 Å². The van der Waals surface area contributed by atoms with Gasteiger partial charge in [-0.1, -0.05) is 64.8 Å². The highest BCUT2D eigenvalue weighted by Gasteiger charge is 2.62. The number of hydrogen-bond acceptors (Lipinski definition) is 9. The number of aromatic nitrogens is 1. The Bertz CT molecular complexity index is 1800. The molecular formula is C34H45ClN6O7S2. The van der Waals surface area contributed by atoms with Gasteiger partial charge in [-0.25, -0.2) is 18.2 Å². The number of halogens is 1. The van der Waals surface area contributed by atoms with Gasteiger partial charge in [0.1, 0.15) is 17.6 Å². The Morgan fingerprint density at radius 2 is 1.86 bits per heavy atom. The molecule has 0 spiro atoms. The fourth-order valence-corrected chi connectivity index (χ4v) is 9.94. The van der Waals surface area contributed by atoms with E-state index in [1.807, 2.05) is 26.8 Å². The van der Waals surface area contributed by atoms with Crippen molar-refractivity contribution in [2.45, 2.75) is 108 Å². The third kappa shape index (κ3) is 6.80. The van der Waals surface area contributed by atoms with Crippen molar-refractivity contribution in [3.05, 3.63) is 45.4 Å². The summed E-state index contributed by atoms with van der Waals surface area (Å²) >= 11 is 7.96. The quantitative estimate of drug-likeness (QED) is 0.240. The minimum atomic E-state index is -3.86. The van der Waals surface area contributed by atoms with Crippen molar-refractivity contribution in [1.29, 1.82) is 0 Å². The summed E-state index contributed by atoms with van der Waals surface area (Å²) in [4.78, 5) is 63.4. The third-order valence-electron chi connectivity index (χ3n) is 10.6. The molecule has 2 aliphatic carbocycles. The lowest BCUT2D eigenvalue weighted by molar-refractivity contribution is -0.140. The molecule has 6 rings (SSSR count). The van der Waals surface area contributed by atoms with Crippen LogP contribution in [0.25, 0.3) is 0 Å². The number of amides is 4. The average Bonchev–Trinajstić information content (AvgIpc) is 3.86. The number of nitrogens with zero attached hydrogens (tertiary/aromatic N) is 3. The molecule has 1 saturated heterocycles. The maximum Gasteiger partial charge on any atom is 0.408 e. The van der Waals surface area contributed by atoms with Crippen molar-refractivity contribution in [3.63, 3.8) is 0 Å². The number of carboxylic acid groups (broad SMARTS) is 1. The molecule has 2 saturated carbocycles. The molecule has 2 aliphatic heterocycles. The third-order valence-corrected chi connectivity index (χ3v) is 14.0. The highest BCUT2D eigenvalue weighted by Crippen LogP contribution is 2.49. The van der Waals surface area contributed by atoms with Crippen molar-refractivity contribution in [3.8, 4) is 0 Å². The Morgan fingerprint density at radius 1 is 1.14 bits per heavy atom. The molecule has 4 N–H and O–H groups in total. The molecule has 0 bridgehead atoms. The number of hydrogen-bond donors (Lipinski definition) is 4. The minimum absolute atomic E-state index is 0.0732. The van der Waals surface area contributed by atoms with Crippen LogP contribution in [0.4, 0.5) is 9.93 Å². The number of carbonyl (C=O) groups is 4. The molecule has 4 aliphatic rings. The zero-order chi connectivity index (χ0) is 36.3. The molecule has 1 aromatic heterocycles. The number of carbonyl (C=O) groups excluding carboxylic acids is 3. The summed E-state index contributed by atoms with van der Waals surface area (Å²) in [6.07, 6.45) is 2.51. The first-order valence-electron chi connectivity index (χ1n) is 17.3. The summed E-state index contributed by atoms with van der Waals surface area (Å²) < 4.78 is 27.6. The molecule has 4 amide bonds. The van der Waals surface area contributed by atoms with Crippen LogP contribution < -0.4 is 15.4 Å². The number of anilines is 1. The molecular weight excluding hydrogens is 704 g/mol. The van der Waals surface area contributed by atoms with E-state index in [1.165, 1.54) is 21.1 Å². The number of nitrogens with one attached hydrogen (secondary N) is 3. The zero-order valence-electron chi connectivity index (χ0n) is 28.8. The monoisotopic (exact) mass is 748 g/mol. The fraction of sp³-hybridized carbons (Fsp3) is 0.618. The van der Waals surface area contributed by atoms with Gasteiger partial charge >= 0.3 is 6.09 Å².